The van der Waals surface area contributed by atoms with Gasteiger partial charge in [-0.1, -0.05) is 12.7 Å². The van der Waals surface area contributed by atoms with Crippen molar-refractivity contribution < 1.29 is 41.9 Å². The third-order valence-electron chi connectivity index (χ3n) is 8.75. The van der Waals surface area contributed by atoms with Crippen LogP contribution in [-0.4, -0.2) is 109 Å². The number of amidine groups is 1. The molecule has 19 heteroatoms. The van der Waals surface area contributed by atoms with Crippen LogP contribution in [0.2, 0.25) is 0 Å². The fourth-order valence-electron chi connectivity index (χ4n) is 5.67. The maximum absolute atomic E-state index is 14.2. The van der Waals surface area contributed by atoms with Gasteiger partial charge in [0.25, 0.3) is 5.91 Å². The third kappa shape index (κ3) is 9.58. The van der Waals surface area contributed by atoms with Crippen molar-refractivity contribution in [3.63, 3.8) is 0 Å². The summed E-state index contributed by atoms with van der Waals surface area (Å²) in [7, 11) is -2.44. The fourth-order valence-corrected chi connectivity index (χ4v) is 7.03. The number of likely N-dealkylation sites (tertiary alicyclic amines) is 1. The summed E-state index contributed by atoms with van der Waals surface area (Å²) in [6.45, 7) is 11.4. The molecule has 5 atom stereocenters. The summed E-state index contributed by atoms with van der Waals surface area (Å²) >= 11 is 0. The number of nitrogens with one attached hydrogen (secondary N) is 4. The summed E-state index contributed by atoms with van der Waals surface area (Å²) in [4.78, 5) is 67.7. The number of rotatable bonds is 15. The molecule has 1 saturated heterocycles. The second-order valence-corrected chi connectivity index (χ2v) is 15.8. The van der Waals surface area contributed by atoms with Crippen molar-refractivity contribution in [2.75, 3.05) is 20.2 Å². The standard InChI is InChI=1S/C33H47N9O9S/c1-7-20-16-33(20,30(46)40-52(48,49)23-13-14-23)38-28(44)25-15-21(42(35)39-27(34)19-9-11-22(50-6)12-10-19)18-41(25)29(45)24(17-36-26(43)8-2)37-31(47)51-32(3,4)5/h7-12,20-21,23-25H,1-2,13-18,35H2,3-6H3,(H2,34,39)(H,36,43)(H,37,47)(H,38,44)(H,40,46)/t20?,21-,24+,25+,33-/m1/s1. The Morgan fingerprint density at radius 2 is 1.81 bits per heavy atom. The van der Waals surface area contributed by atoms with Gasteiger partial charge in [-0.2, -0.15) is 0 Å². The number of hydrazone groups is 1. The second-order valence-electron chi connectivity index (χ2n) is 13.8. The van der Waals surface area contributed by atoms with E-state index in [-0.39, 0.29) is 25.2 Å². The zero-order valence-corrected chi connectivity index (χ0v) is 30.4. The maximum Gasteiger partial charge on any atom is 0.408 e. The Kier molecular flexibility index (Phi) is 11.9. The Balaban J connectivity index is 1.64. The lowest BCUT2D eigenvalue weighted by atomic mass is 10.1. The number of benzene rings is 1. The van der Waals surface area contributed by atoms with E-state index < -0.39 is 86.7 Å². The number of hydrazine groups is 1. The zero-order chi connectivity index (χ0) is 38.6. The highest BCUT2D eigenvalue weighted by Gasteiger charge is 2.62. The van der Waals surface area contributed by atoms with Crippen molar-refractivity contribution in [3.8, 4) is 5.75 Å². The molecule has 284 valence electrons. The van der Waals surface area contributed by atoms with Crippen molar-refractivity contribution in [2.45, 2.75) is 81.0 Å². The van der Waals surface area contributed by atoms with Crippen molar-refractivity contribution in [1.82, 2.24) is 30.7 Å². The van der Waals surface area contributed by atoms with Gasteiger partial charge >= 0.3 is 6.09 Å². The lowest BCUT2D eigenvalue weighted by Gasteiger charge is -2.30. The predicted octanol–water partition coefficient (Wildman–Crippen LogP) is -0.674. The Labute approximate surface area is 302 Å². The van der Waals surface area contributed by atoms with E-state index in [4.69, 9.17) is 21.1 Å². The van der Waals surface area contributed by atoms with Gasteiger partial charge in [-0.15, -0.1) is 11.7 Å². The van der Waals surface area contributed by atoms with E-state index in [2.05, 4.69) is 38.9 Å². The van der Waals surface area contributed by atoms with Crippen LogP contribution in [0.1, 0.15) is 52.0 Å². The Bertz CT molecular complexity index is 1720. The molecule has 1 aromatic rings. The summed E-state index contributed by atoms with van der Waals surface area (Å²) in [6, 6.07) is 3.11. The van der Waals surface area contributed by atoms with Gasteiger partial charge in [0.2, 0.25) is 27.7 Å². The topological polar surface area (TPSA) is 257 Å². The van der Waals surface area contributed by atoms with Gasteiger partial charge in [0, 0.05) is 31.0 Å². The molecule has 8 N–H and O–H groups in total. The number of hydrogen-bond donors (Lipinski definition) is 6. The van der Waals surface area contributed by atoms with Crippen molar-refractivity contribution in [2.24, 2.45) is 22.6 Å². The summed E-state index contributed by atoms with van der Waals surface area (Å²) in [5.41, 5.74) is 4.16. The molecule has 0 aromatic heterocycles. The third-order valence-corrected chi connectivity index (χ3v) is 10.6. The largest absolute Gasteiger partial charge is 0.497 e. The minimum atomic E-state index is -3.95. The van der Waals surface area contributed by atoms with Crippen LogP contribution in [0.25, 0.3) is 0 Å². The number of sulfonamides is 1. The van der Waals surface area contributed by atoms with Crippen LogP contribution in [0.4, 0.5) is 4.79 Å². The van der Waals surface area contributed by atoms with Crippen LogP contribution in [0.15, 0.2) is 54.7 Å². The molecule has 0 spiro atoms. The Morgan fingerprint density at radius 3 is 2.35 bits per heavy atom. The maximum atomic E-state index is 14.2. The lowest BCUT2D eigenvalue weighted by Crippen LogP contribution is -2.59. The van der Waals surface area contributed by atoms with E-state index in [1.807, 2.05) is 0 Å². The number of nitrogens with two attached hydrogens (primary N) is 2. The van der Waals surface area contributed by atoms with Gasteiger partial charge in [0.15, 0.2) is 5.84 Å². The number of methoxy groups -OCH3 is 1. The lowest BCUT2D eigenvalue weighted by molar-refractivity contribution is -0.141. The smallest absolute Gasteiger partial charge is 0.408 e. The van der Waals surface area contributed by atoms with Gasteiger partial charge in [0.1, 0.15) is 29.0 Å². The highest BCUT2D eigenvalue weighted by Crippen LogP contribution is 2.45. The number of carbonyl (C=O) groups excluding carboxylic acids is 5. The van der Waals surface area contributed by atoms with E-state index in [1.165, 1.54) is 13.2 Å². The quantitative estimate of drug-likeness (QED) is 0.0326. The summed E-state index contributed by atoms with van der Waals surface area (Å²) in [5.74, 6) is 3.21. The van der Waals surface area contributed by atoms with Crippen LogP contribution in [0.3, 0.4) is 0 Å². The van der Waals surface area contributed by atoms with Crippen molar-refractivity contribution >= 4 is 45.6 Å². The highest BCUT2D eigenvalue weighted by molar-refractivity contribution is 7.91. The molecular weight excluding hydrogens is 698 g/mol. The van der Waals surface area contributed by atoms with Crippen LogP contribution >= 0.6 is 0 Å². The first-order valence-corrected chi connectivity index (χ1v) is 18.1. The number of alkyl carbamates (subject to hydrolysis) is 1. The Hall–Kier alpha value is -5.17. The van der Waals surface area contributed by atoms with Crippen LogP contribution in [-0.2, 0) is 33.9 Å². The van der Waals surface area contributed by atoms with Crippen molar-refractivity contribution in [3.05, 3.63) is 55.1 Å². The average molecular weight is 746 g/mol. The zero-order valence-electron chi connectivity index (χ0n) is 29.6. The van der Waals surface area contributed by atoms with Gasteiger partial charge in [-0.05, 0) is 70.4 Å². The number of amides is 5. The molecule has 5 amide bonds. The molecule has 3 fully saturated rings. The first-order valence-electron chi connectivity index (χ1n) is 16.6. The normalized spacial score (nSPS) is 23.4. The molecule has 1 unspecified atom stereocenters. The second kappa shape index (κ2) is 15.6. The number of nitrogens with zero attached hydrogens (tertiary/aromatic N) is 3. The number of ether oxygens (including phenoxy) is 2. The van der Waals surface area contributed by atoms with Gasteiger partial charge in [0.05, 0.1) is 18.4 Å². The SMILES string of the molecule is C=CC(=O)NC[C@H](NC(=O)OC(C)(C)C)C(=O)N1C[C@H](N(N)/N=C(\N)c2ccc(OC)cc2)C[C@H]1C(=O)N[C@]1(C(=O)NS(=O)(=O)C2CC2)CC1C=C. The predicted molar refractivity (Wildman–Crippen MR) is 189 cm³/mol. The molecular formula is C33H47N9O9S. The molecule has 1 heterocycles. The summed E-state index contributed by atoms with van der Waals surface area (Å²) in [5, 5.41) is 12.2. The van der Waals surface area contributed by atoms with E-state index in [9.17, 15) is 32.4 Å². The minimum absolute atomic E-state index is 0.0202. The van der Waals surface area contributed by atoms with E-state index in [0.717, 1.165) is 16.1 Å². The highest BCUT2D eigenvalue weighted by atomic mass is 32.2. The molecule has 0 radical (unpaired) electrons. The van der Waals surface area contributed by atoms with Crippen molar-refractivity contribution in [1.29, 1.82) is 0 Å². The molecule has 4 rings (SSSR count). The van der Waals surface area contributed by atoms with Gasteiger partial charge < -0.3 is 36.1 Å². The van der Waals surface area contributed by atoms with E-state index >= 15 is 0 Å². The van der Waals surface area contributed by atoms with Crippen LogP contribution in [0, 0.1) is 5.92 Å². The monoisotopic (exact) mass is 745 g/mol. The van der Waals surface area contributed by atoms with Gasteiger partial charge in [-0.3, -0.25) is 23.9 Å². The van der Waals surface area contributed by atoms with E-state index in [0.29, 0.717) is 24.2 Å². The molecule has 2 saturated carbocycles. The van der Waals surface area contributed by atoms with E-state index in [1.54, 1.807) is 45.0 Å². The average Bonchev–Trinajstić information content (AvgIpc) is 4.01. The number of hydrogen-bond acceptors (Lipinski definition) is 12. The molecule has 0 bridgehead atoms. The Morgan fingerprint density at radius 1 is 1.15 bits per heavy atom. The fraction of sp³-hybridized carbons (Fsp3) is 0.515. The van der Waals surface area contributed by atoms with Gasteiger partial charge in [-0.25, -0.2) is 24.2 Å². The van der Waals surface area contributed by atoms with Crippen LogP contribution in [0.5, 0.6) is 5.75 Å². The molecule has 3 aliphatic rings. The molecule has 1 aliphatic heterocycles. The van der Waals surface area contributed by atoms with Crippen LogP contribution < -0.4 is 37.0 Å². The summed E-state index contributed by atoms with van der Waals surface area (Å²) < 4.78 is 37.8. The first kappa shape index (κ1) is 39.6. The minimum Gasteiger partial charge on any atom is -0.497 e. The summed E-state index contributed by atoms with van der Waals surface area (Å²) in [6.07, 6.45) is 2.23. The molecule has 1 aromatic carbocycles. The molecule has 2 aliphatic carbocycles. The first-order chi connectivity index (χ1) is 24.3. The number of carbonyl (C=O) groups is 5. The molecule has 18 nitrogen and oxygen atoms in total. The molecule has 52 heavy (non-hydrogen) atoms.